The Bertz CT molecular complexity index is 1160. The molecule has 1 aliphatic rings. The van der Waals surface area contributed by atoms with Gasteiger partial charge < -0.3 is 15.5 Å². The van der Waals surface area contributed by atoms with Crippen molar-refractivity contribution < 1.29 is 19.9 Å². The minimum absolute atomic E-state index is 0.134. The van der Waals surface area contributed by atoms with E-state index in [1.165, 1.54) is 16.7 Å². The fourth-order valence-corrected chi connectivity index (χ4v) is 4.95. The summed E-state index contributed by atoms with van der Waals surface area (Å²) >= 11 is 0. The lowest BCUT2D eigenvalue weighted by Crippen LogP contribution is -3.14. The Kier molecular flexibility index (Phi) is 8.34. The first kappa shape index (κ1) is 25.1. The molecule has 5 nitrogen and oxygen atoms in total. The number of benzene rings is 3. The van der Waals surface area contributed by atoms with Crippen molar-refractivity contribution in [2.45, 2.75) is 58.2 Å². The van der Waals surface area contributed by atoms with E-state index in [4.69, 9.17) is 0 Å². The van der Waals surface area contributed by atoms with Crippen molar-refractivity contribution in [2.75, 3.05) is 13.1 Å². The molecule has 0 radical (unpaired) electrons. The Balaban J connectivity index is 1.29. The Hall–Kier alpha value is -2.99. The standard InChI is InChI=1S/C30H36N2O3/c1-21(26-10-11-29(34)28(17-26)20-33)18-31-22(2)14-23-6-5-7-24(15-23)16-30(35)32-13-12-25-8-3-4-9-27(25)19-32/h3-11,15,17,21-22,31,33-34H,12-14,16,18-20H2,1-2H3/p+1/t21?,22-/m1/s1. The lowest BCUT2D eigenvalue weighted by atomic mass is 9.97. The number of aliphatic hydroxyl groups is 1. The molecule has 1 amide bonds. The van der Waals surface area contributed by atoms with Crippen LogP contribution in [0.15, 0.2) is 66.7 Å². The van der Waals surface area contributed by atoms with Gasteiger partial charge in [0.05, 0.1) is 19.6 Å². The van der Waals surface area contributed by atoms with E-state index >= 15 is 0 Å². The first-order chi connectivity index (χ1) is 16.9. The number of amides is 1. The van der Waals surface area contributed by atoms with Crippen molar-refractivity contribution in [3.05, 3.63) is 100 Å². The van der Waals surface area contributed by atoms with E-state index in [0.29, 0.717) is 12.0 Å². The van der Waals surface area contributed by atoms with Gasteiger partial charge in [0.1, 0.15) is 12.3 Å². The third-order valence-corrected chi connectivity index (χ3v) is 7.13. The lowest BCUT2D eigenvalue weighted by molar-refractivity contribution is -0.837. The quantitative estimate of drug-likeness (QED) is 0.386. The van der Waals surface area contributed by atoms with Crippen LogP contribution in [0, 0.1) is 0 Å². The maximum atomic E-state index is 13.0. The Labute approximate surface area is 208 Å². The van der Waals surface area contributed by atoms with E-state index in [2.05, 4.69) is 67.7 Å². The van der Waals surface area contributed by atoms with E-state index < -0.39 is 0 Å². The number of aromatic hydroxyl groups is 1. The highest BCUT2D eigenvalue weighted by Gasteiger charge is 2.25. The fourth-order valence-electron chi connectivity index (χ4n) is 4.95. The van der Waals surface area contributed by atoms with Crippen LogP contribution in [0.3, 0.4) is 0 Å². The molecule has 0 fully saturated rings. The van der Waals surface area contributed by atoms with Gasteiger partial charge in [0.15, 0.2) is 0 Å². The van der Waals surface area contributed by atoms with Crippen LogP contribution >= 0.6 is 0 Å². The zero-order valence-corrected chi connectivity index (χ0v) is 20.8. The van der Waals surface area contributed by atoms with Gasteiger partial charge in [0.25, 0.3) is 0 Å². The smallest absolute Gasteiger partial charge is 0.316 e. The maximum Gasteiger partial charge on any atom is 0.316 e. The molecule has 0 aliphatic carbocycles. The maximum absolute atomic E-state index is 13.0. The van der Waals surface area contributed by atoms with Crippen LogP contribution in [0.5, 0.6) is 5.75 Å². The summed E-state index contributed by atoms with van der Waals surface area (Å²) in [7, 11) is 0. The summed E-state index contributed by atoms with van der Waals surface area (Å²) in [4.78, 5) is 14.1. The summed E-state index contributed by atoms with van der Waals surface area (Å²) in [6, 6.07) is 22.6. The molecule has 3 aromatic rings. The van der Waals surface area contributed by atoms with Gasteiger partial charge in [-0.2, -0.15) is 0 Å². The van der Waals surface area contributed by atoms with Crippen LogP contribution in [0.4, 0.5) is 0 Å². The van der Waals surface area contributed by atoms with Crippen molar-refractivity contribution in [2.24, 2.45) is 0 Å². The highest BCUT2D eigenvalue weighted by molar-refractivity contribution is 5.70. The van der Waals surface area contributed by atoms with Crippen molar-refractivity contribution in [3.63, 3.8) is 0 Å². The molecule has 1 heterocycles. The number of hydrogen-bond donors (Lipinski definition) is 4. The molecule has 2 unspecified atom stereocenters. The molecule has 0 saturated heterocycles. The molecule has 0 bridgehead atoms. The molecule has 0 saturated carbocycles. The van der Waals surface area contributed by atoms with Gasteiger partial charge in [0, 0.05) is 30.1 Å². The highest BCUT2D eigenvalue weighted by atomic mass is 16.3. The highest BCUT2D eigenvalue weighted by Crippen LogP contribution is 2.23. The summed E-state index contributed by atoms with van der Waals surface area (Å²) in [6.07, 6.45) is 2.32. The third-order valence-electron chi connectivity index (χ3n) is 7.13. The van der Waals surface area contributed by atoms with Gasteiger partial charge in [-0.1, -0.05) is 61.5 Å². The normalized spacial score (nSPS) is 16.9. The molecular formula is C30H37N2O3+. The Morgan fingerprint density at radius 2 is 1.77 bits per heavy atom. The van der Waals surface area contributed by atoms with Crippen LogP contribution in [0.2, 0.25) is 0 Å². The first-order valence-corrected chi connectivity index (χ1v) is 12.6. The van der Waals surface area contributed by atoms with Crippen molar-refractivity contribution >= 4 is 5.91 Å². The van der Waals surface area contributed by atoms with Crippen LogP contribution < -0.4 is 10.2 Å². The molecule has 0 aromatic heterocycles. The zero-order valence-electron chi connectivity index (χ0n) is 20.8. The molecule has 5 heteroatoms. The van der Waals surface area contributed by atoms with Gasteiger partial charge in [-0.15, -0.1) is 0 Å². The molecule has 1 aliphatic heterocycles. The van der Waals surface area contributed by atoms with Crippen molar-refractivity contribution in [1.29, 1.82) is 0 Å². The topological polar surface area (TPSA) is 74.0 Å². The summed E-state index contributed by atoms with van der Waals surface area (Å²) in [5.41, 5.74) is 6.64. The summed E-state index contributed by atoms with van der Waals surface area (Å²) < 4.78 is 0. The predicted octanol–water partition coefficient (Wildman–Crippen LogP) is 2.92. The second-order valence-electron chi connectivity index (χ2n) is 9.93. The van der Waals surface area contributed by atoms with E-state index in [0.717, 1.165) is 48.5 Å². The molecular weight excluding hydrogens is 436 g/mol. The first-order valence-electron chi connectivity index (χ1n) is 12.6. The largest absolute Gasteiger partial charge is 0.508 e. The summed E-state index contributed by atoms with van der Waals surface area (Å²) in [5, 5.41) is 22.8. The summed E-state index contributed by atoms with van der Waals surface area (Å²) in [6.45, 7) is 6.61. The third kappa shape index (κ3) is 6.57. The number of nitrogens with one attached hydrogen (secondary N) is 2. The average Bonchev–Trinajstić information content (AvgIpc) is 2.87. The SMILES string of the molecule is CC(CN[C@H](C)Cc1cccc(CC(=O)[NH+]2CCc3ccccc3C2)c1)c1ccc(O)c(CO)c1. The van der Waals surface area contributed by atoms with Crippen molar-refractivity contribution in [3.8, 4) is 5.75 Å². The number of hydrogen-bond acceptors (Lipinski definition) is 4. The molecule has 4 rings (SSSR count). The van der Waals surface area contributed by atoms with Gasteiger partial charge in [0.2, 0.25) is 0 Å². The van der Waals surface area contributed by atoms with Crippen LogP contribution in [-0.2, 0) is 37.2 Å². The Morgan fingerprint density at radius 3 is 2.57 bits per heavy atom. The number of fused-ring (bicyclic) bond motifs is 1. The molecule has 0 spiro atoms. The van der Waals surface area contributed by atoms with E-state index in [1.54, 1.807) is 6.07 Å². The number of quaternary nitrogens is 1. The van der Waals surface area contributed by atoms with Gasteiger partial charge in [-0.3, -0.25) is 4.90 Å². The van der Waals surface area contributed by atoms with Gasteiger partial charge in [-0.05, 0) is 53.6 Å². The van der Waals surface area contributed by atoms with Crippen LogP contribution in [0.1, 0.15) is 53.1 Å². The average molecular weight is 474 g/mol. The molecule has 3 atom stereocenters. The fraction of sp³-hybridized carbons (Fsp3) is 0.367. The van der Waals surface area contributed by atoms with Crippen LogP contribution in [0.25, 0.3) is 0 Å². The number of carbonyl (C=O) groups excluding carboxylic acids is 1. The molecule has 35 heavy (non-hydrogen) atoms. The minimum atomic E-state index is -0.165. The molecule has 4 N–H and O–H groups in total. The number of carbonyl (C=O) groups is 1. The second kappa shape index (κ2) is 11.6. The van der Waals surface area contributed by atoms with E-state index in [-0.39, 0.29) is 30.2 Å². The van der Waals surface area contributed by atoms with Gasteiger partial charge in [-0.25, -0.2) is 4.79 Å². The number of rotatable bonds is 9. The molecule has 3 aromatic carbocycles. The number of phenols is 1. The van der Waals surface area contributed by atoms with Crippen molar-refractivity contribution in [1.82, 2.24) is 5.32 Å². The predicted molar refractivity (Wildman–Crippen MR) is 138 cm³/mol. The monoisotopic (exact) mass is 473 g/mol. The lowest BCUT2D eigenvalue weighted by Gasteiger charge is -2.24. The zero-order chi connectivity index (χ0) is 24.8. The second-order valence-corrected chi connectivity index (χ2v) is 9.93. The van der Waals surface area contributed by atoms with E-state index in [9.17, 15) is 15.0 Å². The number of aliphatic hydroxyl groups excluding tert-OH is 1. The minimum Gasteiger partial charge on any atom is -0.508 e. The van der Waals surface area contributed by atoms with Gasteiger partial charge >= 0.3 is 5.91 Å². The molecule has 184 valence electrons. The Morgan fingerprint density at radius 1 is 1.00 bits per heavy atom. The van der Waals surface area contributed by atoms with Crippen LogP contribution in [-0.4, -0.2) is 35.3 Å². The van der Waals surface area contributed by atoms with E-state index in [1.807, 2.05) is 12.1 Å². The summed E-state index contributed by atoms with van der Waals surface area (Å²) in [5.74, 6) is 0.660.